The van der Waals surface area contributed by atoms with Crippen molar-refractivity contribution in [2.75, 3.05) is 4.90 Å². The Balaban J connectivity index is 1.37. The maximum atomic E-state index is 5.95. The van der Waals surface area contributed by atoms with Gasteiger partial charge in [0.05, 0.1) is 34.5 Å². The zero-order chi connectivity index (χ0) is 25.8. The summed E-state index contributed by atoms with van der Waals surface area (Å²) in [6.45, 7) is 0. The number of aromatic nitrogens is 4. The van der Waals surface area contributed by atoms with E-state index in [4.69, 9.17) is 8.83 Å². The molecule has 0 fully saturated rings. The second-order valence-electron chi connectivity index (χ2n) is 9.25. The van der Waals surface area contributed by atoms with Crippen LogP contribution in [0.4, 0.5) is 17.1 Å². The number of benzene rings is 2. The highest BCUT2D eigenvalue weighted by molar-refractivity contribution is 6.04. The van der Waals surface area contributed by atoms with Gasteiger partial charge in [0.2, 0.25) is 11.4 Å². The van der Waals surface area contributed by atoms with Crippen LogP contribution >= 0.6 is 0 Å². The first-order chi connectivity index (χ1) is 19.3. The SMILES string of the molecule is c1ccc(-c2cccc(N(c3cnc4oc5cccnc5c4c3)c3cnc4oc5cccnc5c4c3)c2)cc1. The standard InChI is InChI=1S/C32H19N5O2/c1-2-7-20(8-3-1)21-9-4-10-22(15-21)37(23-16-25-29-27(11-5-13-33-29)38-31(25)35-18-23)24-17-26-30-28(12-6-14-34-30)39-32(26)36-19-24/h1-19H. The molecule has 0 bridgehead atoms. The summed E-state index contributed by atoms with van der Waals surface area (Å²) in [6, 6.07) is 30.4. The highest BCUT2D eigenvalue weighted by Crippen LogP contribution is 2.40. The molecule has 0 aliphatic carbocycles. The molecule has 0 spiro atoms. The van der Waals surface area contributed by atoms with E-state index >= 15 is 0 Å². The molecule has 0 N–H and O–H groups in total. The molecule has 8 aromatic rings. The number of rotatable bonds is 4. The predicted octanol–water partition coefficient (Wildman–Crippen LogP) is 8.20. The van der Waals surface area contributed by atoms with Crippen LogP contribution in [-0.4, -0.2) is 19.9 Å². The molecular weight excluding hydrogens is 486 g/mol. The van der Waals surface area contributed by atoms with Gasteiger partial charge in [-0.1, -0.05) is 42.5 Å². The van der Waals surface area contributed by atoms with Crippen molar-refractivity contribution in [2.24, 2.45) is 0 Å². The molecule has 7 heteroatoms. The molecule has 6 heterocycles. The molecule has 0 aliphatic heterocycles. The quantitative estimate of drug-likeness (QED) is 0.238. The van der Waals surface area contributed by atoms with Gasteiger partial charge in [-0.3, -0.25) is 9.97 Å². The Kier molecular flexibility index (Phi) is 4.69. The number of hydrogen-bond donors (Lipinski definition) is 0. The maximum absolute atomic E-state index is 5.95. The zero-order valence-corrected chi connectivity index (χ0v) is 20.5. The van der Waals surface area contributed by atoms with Crippen LogP contribution in [0.5, 0.6) is 0 Å². The average Bonchev–Trinajstić information content (AvgIpc) is 3.56. The predicted molar refractivity (Wildman–Crippen MR) is 152 cm³/mol. The summed E-state index contributed by atoms with van der Waals surface area (Å²) in [6.07, 6.45) is 7.16. The van der Waals surface area contributed by atoms with Gasteiger partial charge >= 0.3 is 0 Å². The molecule has 8 rings (SSSR count). The number of nitrogens with zero attached hydrogens (tertiary/aromatic N) is 5. The van der Waals surface area contributed by atoms with Crippen LogP contribution in [0, 0.1) is 0 Å². The molecule has 0 atom stereocenters. The monoisotopic (exact) mass is 505 g/mol. The van der Waals surface area contributed by atoms with E-state index in [9.17, 15) is 0 Å². The highest BCUT2D eigenvalue weighted by atomic mass is 16.3. The second-order valence-corrected chi connectivity index (χ2v) is 9.25. The summed E-state index contributed by atoms with van der Waals surface area (Å²) >= 11 is 0. The van der Waals surface area contributed by atoms with E-state index in [1.165, 1.54) is 0 Å². The third-order valence-electron chi connectivity index (χ3n) is 6.87. The Morgan fingerprint density at radius 1 is 0.487 bits per heavy atom. The van der Waals surface area contributed by atoms with Gasteiger partial charge < -0.3 is 13.7 Å². The normalized spacial score (nSPS) is 11.6. The summed E-state index contributed by atoms with van der Waals surface area (Å²) in [5.74, 6) is 0. The van der Waals surface area contributed by atoms with Crippen molar-refractivity contribution < 1.29 is 8.83 Å². The molecule has 2 aromatic carbocycles. The van der Waals surface area contributed by atoms with Crippen molar-refractivity contribution in [3.63, 3.8) is 0 Å². The van der Waals surface area contributed by atoms with Crippen molar-refractivity contribution in [2.45, 2.75) is 0 Å². The topological polar surface area (TPSA) is 81.1 Å². The van der Waals surface area contributed by atoms with E-state index in [0.29, 0.717) is 22.6 Å². The fourth-order valence-corrected chi connectivity index (χ4v) is 5.09. The largest absolute Gasteiger partial charge is 0.436 e. The second kappa shape index (κ2) is 8.49. The number of furan rings is 2. The zero-order valence-electron chi connectivity index (χ0n) is 20.5. The first-order valence-corrected chi connectivity index (χ1v) is 12.5. The van der Waals surface area contributed by atoms with Crippen molar-refractivity contribution in [1.82, 2.24) is 19.9 Å². The van der Waals surface area contributed by atoms with Gasteiger partial charge in [0.25, 0.3) is 0 Å². The summed E-state index contributed by atoms with van der Waals surface area (Å²) in [4.78, 5) is 20.6. The van der Waals surface area contributed by atoms with Crippen LogP contribution in [0.15, 0.2) is 125 Å². The minimum Gasteiger partial charge on any atom is -0.436 e. The summed E-state index contributed by atoms with van der Waals surface area (Å²) < 4.78 is 11.9. The first kappa shape index (κ1) is 21.5. The Morgan fingerprint density at radius 3 is 1.69 bits per heavy atom. The Hall–Kier alpha value is -5.56. The maximum Gasteiger partial charge on any atom is 0.229 e. The van der Waals surface area contributed by atoms with Crippen LogP contribution in [0.1, 0.15) is 0 Å². The molecule has 0 radical (unpaired) electrons. The average molecular weight is 506 g/mol. The lowest BCUT2D eigenvalue weighted by atomic mass is 10.0. The minimum absolute atomic E-state index is 0.545. The summed E-state index contributed by atoms with van der Waals surface area (Å²) in [5.41, 5.74) is 8.95. The van der Waals surface area contributed by atoms with Crippen molar-refractivity contribution in [1.29, 1.82) is 0 Å². The molecule has 39 heavy (non-hydrogen) atoms. The Morgan fingerprint density at radius 2 is 1.08 bits per heavy atom. The Bertz CT molecular complexity index is 2040. The Labute approximate surface area is 222 Å². The fraction of sp³-hybridized carbons (Fsp3) is 0. The first-order valence-electron chi connectivity index (χ1n) is 12.5. The number of hydrogen-bond acceptors (Lipinski definition) is 7. The third kappa shape index (κ3) is 3.52. The van der Waals surface area contributed by atoms with Crippen LogP contribution in [0.3, 0.4) is 0 Å². The van der Waals surface area contributed by atoms with Crippen molar-refractivity contribution in [3.05, 3.63) is 116 Å². The number of fused-ring (bicyclic) bond motifs is 6. The van der Waals surface area contributed by atoms with Crippen LogP contribution in [0.2, 0.25) is 0 Å². The van der Waals surface area contributed by atoms with E-state index in [0.717, 1.165) is 50.0 Å². The molecule has 184 valence electrons. The van der Waals surface area contributed by atoms with E-state index in [-0.39, 0.29) is 0 Å². The van der Waals surface area contributed by atoms with Crippen molar-refractivity contribution in [3.8, 4) is 11.1 Å². The van der Waals surface area contributed by atoms with E-state index in [2.05, 4.69) is 73.4 Å². The smallest absolute Gasteiger partial charge is 0.229 e. The molecule has 0 amide bonds. The van der Waals surface area contributed by atoms with Gasteiger partial charge in [0.15, 0.2) is 11.2 Å². The fourth-order valence-electron chi connectivity index (χ4n) is 5.09. The van der Waals surface area contributed by atoms with Gasteiger partial charge in [-0.2, -0.15) is 0 Å². The van der Waals surface area contributed by atoms with Gasteiger partial charge in [-0.05, 0) is 59.7 Å². The lowest BCUT2D eigenvalue weighted by molar-refractivity contribution is 0.653. The third-order valence-corrected chi connectivity index (χ3v) is 6.87. The van der Waals surface area contributed by atoms with Gasteiger partial charge in [0.1, 0.15) is 11.0 Å². The minimum atomic E-state index is 0.545. The van der Waals surface area contributed by atoms with E-state index in [1.54, 1.807) is 12.4 Å². The van der Waals surface area contributed by atoms with Crippen LogP contribution in [0.25, 0.3) is 55.5 Å². The molecule has 7 nitrogen and oxygen atoms in total. The van der Waals surface area contributed by atoms with Crippen molar-refractivity contribution >= 4 is 61.5 Å². The molecular formula is C32H19N5O2. The highest BCUT2D eigenvalue weighted by Gasteiger charge is 2.19. The summed E-state index contributed by atoms with van der Waals surface area (Å²) in [7, 11) is 0. The number of pyridine rings is 4. The van der Waals surface area contributed by atoms with E-state index < -0.39 is 0 Å². The molecule has 6 aromatic heterocycles. The lowest BCUT2D eigenvalue weighted by Gasteiger charge is -2.25. The van der Waals surface area contributed by atoms with Gasteiger partial charge in [-0.25, -0.2) is 9.97 Å². The van der Waals surface area contributed by atoms with Crippen LogP contribution in [-0.2, 0) is 0 Å². The molecule has 0 unspecified atom stereocenters. The van der Waals surface area contributed by atoms with E-state index in [1.807, 2.05) is 54.9 Å². The van der Waals surface area contributed by atoms with Gasteiger partial charge in [0, 0.05) is 18.1 Å². The molecule has 0 aliphatic rings. The summed E-state index contributed by atoms with van der Waals surface area (Å²) in [5, 5.41) is 1.69. The van der Waals surface area contributed by atoms with Crippen LogP contribution < -0.4 is 4.90 Å². The lowest BCUT2D eigenvalue weighted by Crippen LogP contribution is -2.10. The molecule has 0 saturated heterocycles. The van der Waals surface area contributed by atoms with Gasteiger partial charge in [-0.15, -0.1) is 0 Å². The number of anilines is 3. The molecule has 0 saturated carbocycles.